The fraction of sp³-hybridized carbons (Fsp3) is 0. The minimum absolute atomic E-state index is 0.625. The summed E-state index contributed by atoms with van der Waals surface area (Å²) in [6.45, 7) is 0. The maximum absolute atomic E-state index is 12.3. The van der Waals surface area contributed by atoms with E-state index in [1.165, 1.54) is 0 Å². The molecule has 0 fully saturated rings. The lowest BCUT2D eigenvalue weighted by Gasteiger charge is -1.91. The summed E-state index contributed by atoms with van der Waals surface area (Å²) in [5.74, 6) is -2.56. The van der Waals surface area contributed by atoms with Gasteiger partial charge in [-0.2, -0.15) is 4.39 Å². The van der Waals surface area contributed by atoms with Crippen LogP contribution in [0.2, 0.25) is 0 Å². The molecular formula is C5H3FN2O3. The molecule has 0 aliphatic carbocycles. The van der Waals surface area contributed by atoms with Gasteiger partial charge in [-0.25, -0.2) is 0 Å². The van der Waals surface area contributed by atoms with E-state index in [4.69, 9.17) is 5.11 Å². The molecule has 11 heavy (non-hydrogen) atoms. The van der Waals surface area contributed by atoms with E-state index in [9.17, 15) is 14.5 Å². The highest BCUT2D eigenvalue weighted by Gasteiger charge is 2.13. The van der Waals surface area contributed by atoms with Gasteiger partial charge in [0.1, 0.15) is 0 Å². The van der Waals surface area contributed by atoms with Crippen LogP contribution in [-0.4, -0.2) is 15.0 Å². The van der Waals surface area contributed by atoms with Gasteiger partial charge >= 0.3 is 11.8 Å². The molecule has 1 N–H and O–H groups in total. The van der Waals surface area contributed by atoms with Crippen molar-refractivity contribution < 1.29 is 14.4 Å². The first-order valence-corrected chi connectivity index (χ1v) is 2.61. The molecule has 1 rings (SSSR count). The fourth-order valence-corrected chi connectivity index (χ4v) is 0.519. The Morgan fingerprint density at radius 3 is 2.73 bits per heavy atom. The van der Waals surface area contributed by atoms with Gasteiger partial charge in [-0.3, -0.25) is 0 Å². The van der Waals surface area contributed by atoms with Crippen molar-refractivity contribution in [3.63, 3.8) is 0 Å². The van der Waals surface area contributed by atoms with Crippen LogP contribution in [0.3, 0.4) is 0 Å². The number of aromatic hydroxyl groups is 1. The minimum Gasteiger partial charge on any atom is -0.502 e. The molecule has 6 heteroatoms. The van der Waals surface area contributed by atoms with Gasteiger partial charge in [0, 0.05) is 6.07 Å². The summed E-state index contributed by atoms with van der Waals surface area (Å²) in [7, 11) is 0. The number of halogens is 1. The van der Waals surface area contributed by atoms with Crippen molar-refractivity contribution in [1.82, 2.24) is 4.98 Å². The third-order valence-electron chi connectivity index (χ3n) is 1.00. The maximum atomic E-state index is 12.3. The predicted molar refractivity (Wildman–Crippen MR) is 32.5 cm³/mol. The van der Waals surface area contributed by atoms with Crippen molar-refractivity contribution in [2.75, 3.05) is 0 Å². The Hall–Kier alpha value is -1.72. The molecule has 0 atom stereocenters. The van der Waals surface area contributed by atoms with E-state index < -0.39 is 22.4 Å². The molecule has 1 aromatic rings. The Balaban J connectivity index is 3.15. The highest BCUT2D eigenvalue weighted by Crippen LogP contribution is 2.16. The molecule has 0 aliphatic heterocycles. The van der Waals surface area contributed by atoms with Crippen molar-refractivity contribution in [1.29, 1.82) is 0 Å². The fourth-order valence-electron chi connectivity index (χ4n) is 0.519. The van der Waals surface area contributed by atoms with Crippen LogP contribution < -0.4 is 0 Å². The number of hydrogen-bond acceptors (Lipinski definition) is 4. The van der Waals surface area contributed by atoms with Crippen molar-refractivity contribution in [3.8, 4) is 5.75 Å². The third-order valence-corrected chi connectivity index (χ3v) is 1.00. The van der Waals surface area contributed by atoms with Crippen LogP contribution in [0, 0.1) is 16.1 Å². The Kier molecular flexibility index (Phi) is 1.67. The van der Waals surface area contributed by atoms with Gasteiger partial charge in [-0.1, -0.05) is 0 Å². The lowest BCUT2D eigenvalue weighted by Crippen LogP contribution is -1.93. The van der Waals surface area contributed by atoms with Crippen molar-refractivity contribution in [3.05, 3.63) is 28.2 Å². The number of nitrogens with zero attached hydrogens (tertiary/aromatic N) is 2. The Morgan fingerprint density at radius 1 is 1.64 bits per heavy atom. The SMILES string of the molecule is O=[N+]([O-])c1ccc(O)c(F)n1. The second-order valence-corrected chi connectivity index (χ2v) is 1.74. The summed E-state index contributed by atoms with van der Waals surface area (Å²) < 4.78 is 12.3. The molecule has 0 amide bonds. The topological polar surface area (TPSA) is 76.3 Å². The number of nitro groups is 1. The van der Waals surface area contributed by atoms with Crippen LogP contribution in [0.5, 0.6) is 5.75 Å². The quantitative estimate of drug-likeness (QED) is 0.373. The zero-order valence-corrected chi connectivity index (χ0v) is 5.19. The van der Waals surface area contributed by atoms with Crippen molar-refractivity contribution >= 4 is 5.82 Å². The predicted octanol–water partition coefficient (Wildman–Crippen LogP) is 0.834. The van der Waals surface area contributed by atoms with Gasteiger partial charge in [0.2, 0.25) is 0 Å². The van der Waals surface area contributed by atoms with Gasteiger partial charge < -0.3 is 15.2 Å². The van der Waals surface area contributed by atoms with Crippen LogP contribution in [0.1, 0.15) is 0 Å². The van der Waals surface area contributed by atoms with E-state index in [-0.39, 0.29) is 0 Å². The lowest BCUT2D eigenvalue weighted by molar-refractivity contribution is -0.389. The largest absolute Gasteiger partial charge is 0.502 e. The zero-order valence-electron chi connectivity index (χ0n) is 5.19. The number of rotatable bonds is 1. The normalized spacial score (nSPS) is 9.55. The molecule has 0 saturated carbocycles. The van der Waals surface area contributed by atoms with Crippen LogP contribution in [0.4, 0.5) is 10.2 Å². The van der Waals surface area contributed by atoms with Gasteiger partial charge in [0.05, 0.1) is 0 Å². The molecule has 0 aromatic carbocycles. The molecule has 0 radical (unpaired) electrons. The number of hydrogen-bond donors (Lipinski definition) is 1. The number of aromatic nitrogens is 1. The van der Waals surface area contributed by atoms with Crippen LogP contribution >= 0.6 is 0 Å². The average molecular weight is 158 g/mol. The first-order chi connectivity index (χ1) is 5.11. The second-order valence-electron chi connectivity index (χ2n) is 1.74. The van der Waals surface area contributed by atoms with E-state index >= 15 is 0 Å². The first-order valence-electron chi connectivity index (χ1n) is 2.61. The van der Waals surface area contributed by atoms with Crippen LogP contribution in [-0.2, 0) is 0 Å². The van der Waals surface area contributed by atoms with Crippen molar-refractivity contribution in [2.45, 2.75) is 0 Å². The van der Waals surface area contributed by atoms with E-state index in [0.29, 0.717) is 0 Å². The van der Waals surface area contributed by atoms with E-state index in [0.717, 1.165) is 12.1 Å². The summed E-state index contributed by atoms with van der Waals surface area (Å²) in [6.07, 6.45) is 0. The molecule has 0 spiro atoms. The monoisotopic (exact) mass is 158 g/mol. The maximum Gasteiger partial charge on any atom is 0.367 e. The van der Waals surface area contributed by atoms with Crippen LogP contribution in [0.15, 0.2) is 12.1 Å². The lowest BCUT2D eigenvalue weighted by atomic mass is 10.4. The molecule has 58 valence electrons. The molecule has 0 bridgehead atoms. The van der Waals surface area contributed by atoms with Gasteiger partial charge in [-0.15, -0.1) is 0 Å². The Bertz CT molecular complexity index is 302. The minimum atomic E-state index is -1.24. The summed E-state index contributed by atoms with van der Waals surface area (Å²) in [5.41, 5.74) is 0. The van der Waals surface area contributed by atoms with Crippen LogP contribution in [0.25, 0.3) is 0 Å². The second kappa shape index (κ2) is 2.49. The molecule has 0 aliphatic rings. The molecule has 1 aromatic heterocycles. The van der Waals surface area contributed by atoms with Crippen molar-refractivity contribution in [2.24, 2.45) is 0 Å². The third kappa shape index (κ3) is 1.40. The van der Waals surface area contributed by atoms with Gasteiger partial charge in [0.15, 0.2) is 5.75 Å². The average Bonchev–Trinajstić information content (AvgIpc) is 1.94. The highest BCUT2D eigenvalue weighted by molar-refractivity contribution is 5.26. The first kappa shape index (κ1) is 7.39. The molecule has 5 nitrogen and oxygen atoms in total. The molecular weight excluding hydrogens is 155 g/mol. The molecule has 0 unspecified atom stereocenters. The van der Waals surface area contributed by atoms with Gasteiger partial charge in [0.25, 0.3) is 0 Å². The summed E-state index contributed by atoms with van der Waals surface area (Å²) in [5, 5.41) is 18.5. The number of pyridine rings is 1. The molecule has 0 saturated heterocycles. The smallest absolute Gasteiger partial charge is 0.367 e. The zero-order chi connectivity index (χ0) is 8.43. The summed E-state index contributed by atoms with van der Waals surface area (Å²) >= 11 is 0. The van der Waals surface area contributed by atoms with E-state index in [2.05, 4.69) is 4.98 Å². The standard InChI is InChI=1S/C5H3FN2O3/c6-5-3(9)1-2-4(7-5)8(10)11/h1-2,9H. The highest BCUT2D eigenvalue weighted by atomic mass is 19.1. The summed E-state index contributed by atoms with van der Waals surface area (Å²) in [6, 6.07) is 1.79. The molecule has 1 heterocycles. The Labute approximate surface area is 60.3 Å². The van der Waals surface area contributed by atoms with E-state index in [1.54, 1.807) is 0 Å². The van der Waals surface area contributed by atoms with E-state index in [1.807, 2.05) is 0 Å². The Morgan fingerprint density at radius 2 is 2.27 bits per heavy atom. The summed E-state index contributed by atoms with van der Waals surface area (Å²) in [4.78, 5) is 12.0. The van der Waals surface area contributed by atoms with Gasteiger partial charge in [-0.05, 0) is 16.0 Å².